The lowest BCUT2D eigenvalue weighted by molar-refractivity contribution is -0.697. The van der Waals surface area contributed by atoms with Gasteiger partial charge in [0.2, 0.25) is 11.5 Å². The molecule has 3 atom stereocenters. The third-order valence-corrected chi connectivity index (χ3v) is 6.83. The highest BCUT2D eigenvalue weighted by molar-refractivity contribution is 5.92. The Labute approximate surface area is 209 Å². The number of halogens is 2. The molecule has 2 rings (SSSR count). The van der Waals surface area contributed by atoms with Crippen molar-refractivity contribution < 1.29 is 18.1 Å². The van der Waals surface area contributed by atoms with Crippen LogP contribution < -0.4 is 10.3 Å². The van der Waals surface area contributed by atoms with Crippen LogP contribution in [0, 0.1) is 17.3 Å². The van der Waals surface area contributed by atoms with Crippen molar-refractivity contribution in [3.05, 3.63) is 102 Å². The molecule has 5 heteroatoms. The number of allylic oxidation sites excluding steroid dienone is 11. The molecule has 1 aliphatic carbocycles. The van der Waals surface area contributed by atoms with Crippen LogP contribution in [0.25, 0.3) is 0 Å². The highest BCUT2D eigenvalue weighted by Gasteiger charge is 2.42. The number of nitrogens with zero attached hydrogens (tertiary/aromatic N) is 1. The summed E-state index contributed by atoms with van der Waals surface area (Å²) in [5.41, 5.74) is 7.19. The van der Waals surface area contributed by atoms with Gasteiger partial charge in [-0.15, -0.1) is 0 Å². The van der Waals surface area contributed by atoms with Gasteiger partial charge < -0.3 is 5.73 Å². The Morgan fingerprint density at radius 3 is 2.69 bits per heavy atom. The summed E-state index contributed by atoms with van der Waals surface area (Å²) in [5.74, 6) is -1.39. The van der Waals surface area contributed by atoms with E-state index in [0.29, 0.717) is 36.4 Å². The molecule has 1 heterocycles. The van der Waals surface area contributed by atoms with Crippen LogP contribution in [0.5, 0.6) is 0 Å². The lowest BCUT2D eigenvalue weighted by Crippen LogP contribution is -2.39. The van der Waals surface area contributed by atoms with Crippen molar-refractivity contribution in [3.8, 4) is 0 Å². The van der Waals surface area contributed by atoms with Crippen molar-refractivity contribution in [2.45, 2.75) is 60.4 Å². The van der Waals surface area contributed by atoms with E-state index in [-0.39, 0.29) is 18.1 Å². The molecule has 0 amide bonds. The highest BCUT2D eigenvalue weighted by Crippen LogP contribution is 2.49. The van der Waals surface area contributed by atoms with Gasteiger partial charge in [0.25, 0.3) is 0 Å². The van der Waals surface area contributed by atoms with Gasteiger partial charge in [-0.25, -0.2) is 8.78 Å². The minimum atomic E-state index is -0.619. The second-order valence-corrected chi connectivity index (χ2v) is 9.18. The molecule has 35 heavy (non-hydrogen) atoms. The average molecular weight is 482 g/mol. The van der Waals surface area contributed by atoms with Gasteiger partial charge in [0.15, 0.2) is 12.7 Å². The molecule has 0 saturated heterocycles. The lowest BCUT2D eigenvalue weighted by atomic mass is 9.62. The maximum absolute atomic E-state index is 15.1. The van der Waals surface area contributed by atoms with E-state index in [9.17, 15) is 9.18 Å². The Kier molecular flexibility index (Phi) is 10.6. The van der Waals surface area contributed by atoms with Crippen LogP contribution >= 0.6 is 0 Å². The molecule has 0 aromatic carbocycles. The van der Waals surface area contributed by atoms with E-state index in [1.165, 1.54) is 0 Å². The Morgan fingerprint density at radius 2 is 2.03 bits per heavy atom. The molecule has 1 aromatic rings. The summed E-state index contributed by atoms with van der Waals surface area (Å²) in [6.45, 7) is 10.4. The topological polar surface area (TPSA) is 47.0 Å². The molecule has 0 spiro atoms. The molecule has 3 unspecified atom stereocenters. The van der Waals surface area contributed by atoms with Crippen LogP contribution in [-0.4, -0.2) is 5.78 Å². The van der Waals surface area contributed by atoms with Gasteiger partial charge in [0, 0.05) is 54.7 Å². The zero-order valence-corrected chi connectivity index (χ0v) is 21.6. The van der Waals surface area contributed by atoms with Crippen molar-refractivity contribution in [2.75, 3.05) is 0 Å². The predicted octanol–water partition coefficient (Wildman–Crippen LogP) is 7.25. The molecule has 1 aliphatic rings. The van der Waals surface area contributed by atoms with Crippen LogP contribution in [0.1, 0.15) is 64.4 Å². The van der Waals surface area contributed by atoms with E-state index >= 15 is 4.39 Å². The highest BCUT2D eigenvalue weighted by atomic mass is 19.1. The van der Waals surface area contributed by atoms with Gasteiger partial charge in [-0.1, -0.05) is 57.2 Å². The zero-order valence-electron chi connectivity index (χ0n) is 21.6. The molecular formula is C30H39F2N2O+. The minimum absolute atomic E-state index is 0.0497. The number of aromatic nitrogens is 1. The van der Waals surface area contributed by atoms with Gasteiger partial charge >= 0.3 is 0 Å². The molecule has 0 fully saturated rings. The molecule has 3 nitrogen and oxygen atoms in total. The number of rotatable bonds is 11. The quantitative estimate of drug-likeness (QED) is 0.157. The standard InChI is InChI=1S/C30H39F2N2O/c1-6-14-22(4)30(5,17-7-2)24-20-23(31)21-25(32)29(24)26(33)15-10-9-12-18-34-19-13-11-16-27(34)28(35)8-3/h6-7,9-11,13-17,19,21-22,24H,8,12,18,20,33H2,1-5H3/q+1/b10-9-,14-6?,17-7?,26-15-. The number of hydrogen-bond donors (Lipinski definition) is 1. The molecule has 0 radical (unpaired) electrons. The maximum atomic E-state index is 15.1. The van der Waals surface area contributed by atoms with Crippen molar-refractivity contribution in [1.82, 2.24) is 0 Å². The van der Waals surface area contributed by atoms with E-state index in [4.69, 9.17) is 5.73 Å². The van der Waals surface area contributed by atoms with Crippen molar-refractivity contribution in [3.63, 3.8) is 0 Å². The second-order valence-electron chi connectivity index (χ2n) is 9.18. The van der Waals surface area contributed by atoms with E-state index in [2.05, 4.69) is 13.0 Å². The fraction of sp³-hybridized carbons (Fsp3) is 0.400. The molecule has 2 N–H and O–H groups in total. The average Bonchev–Trinajstić information content (AvgIpc) is 2.83. The monoisotopic (exact) mass is 481 g/mol. The zero-order chi connectivity index (χ0) is 26.0. The minimum Gasteiger partial charge on any atom is -0.398 e. The number of carbonyl (C=O) groups excluding carboxylic acids is 1. The largest absolute Gasteiger partial charge is 0.398 e. The molecule has 188 valence electrons. The summed E-state index contributed by atoms with van der Waals surface area (Å²) >= 11 is 0. The Balaban J connectivity index is 2.28. The predicted molar refractivity (Wildman–Crippen MR) is 140 cm³/mol. The Bertz CT molecular complexity index is 1080. The number of nitrogens with two attached hydrogens (primary N) is 1. The van der Waals surface area contributed by atoms with Crippen molar-refractivity contribution in [2.24, 2.45) is 23.0 Å². The summed E-state index contributed by atoms with van der Waals surface area (Å²) < 4.78 is 31.5. The first-order valence-electron chi connectivity index (χ1n) is 12.4. The molecular weight excluding hydrogens is 442 g/mol. The SMILES string of the molecule is CC=CC(C)C(C)(C=CC)C1CC(F)=CC(F)=C1/C(N)=C/C=C\CC[n+]1ccccc1C(=O)CC. The maximum Gasteiger partial charge on any atom is 0.248 e. The number of Topliss-reactive ketones (excluding diaryl/α,β-unsaturated/α-hetero) is 1. The molecule has 0 aliphatic heterocycles. The lowest BCUT2D eigenvalue weighted by Gasteiger charge is -2.42. The Morgan fingerprint density at radius 1 is 1.29 bits per heavy atom. The van der Waals surface area contributed by atoms with Crippen LogP contribution in [0.3, 0.4) is 0 Å². The summed E-state index contributed by atoms with van der Waals surface area (Å²) in [6.07, 6.45) is 17.5. The number of aryl methyl sites for hydroxylation is 1. The first-order valence-corrected chi connectivity index (χ1v) is 12.4. The normalized spacial score (nSPS) is 20.0. The number of carbonyl (C=O) groups is 1. The van der Waals surface area contributed by atoms with Gasteiger partial charge in [-0.05, 0) is 37.3 Å². The van der Waals surface area contributed by atoms with Gasteiger partial charge in [0.1, 0.15) is 11.7 Å². The van der Waals surface area contributed by atoms with Gasteiger partial charge in [0.05, 0.1) is 0 Å². The Hall–Kier alpha value is -3.08. The summed E-state index contributed by atoms with van der Waals surface area (Å²) in [6, 6.07) is 5.59. The summed E-state index contributed by atoms with van der Waals surface area (Å²) in [5, 5.41) is 0. The molecule has 0 saturated carbocycles. The van der Waals surface area contributed by atoms with E-state index in [1.807, 2.05) is 81.0 Å². The van der Waals surface area contributed by atoms with Gasteiger partial charge in [-0.2, -0.15) is 4.57 Å². The van der Waals surface area contributed by atoms with Crippen LogP contribution in [0.4, 0.5) is 8.78 Å². The van der Waals surface area contributed by atoms with Crippen LogP contribution in [0.2, 0.25) is 0 Å². The summed E-state index contributed by atoms with van der Waals surface area (Å²) in [7, 11) is 0. The van der Waals surface area contributed by atoms with E-state index in [1.54, 1.807) is 12.2 Å². The number of pyridine rings is 1. The number of ketones is 1. The van der Waals surface area contributed by atoms with E-state index < -0.39 is 23.0 Å². The smallest absolute Gasteiger partial charge is 0.248 e. The first-order chi connectivity index (χ1) is 16.7. The van der Waals surface area contributed by atoms with Crippen molar-refractivity contribution in [1.29, 1.82) is 0 Å². The van der Waals surface area contributed by atoms with E-state index in [0.717, 1.165) is 6.08 Å². The number of hydrogen-bond acceptors (Lipinski definition) is 2. The van der Waals surface area contributed by atoms with Crippen LogP contribution in [-0.2, 0) is 6.54 Å². The summed E-state index contributed by atoms with van der Waals surface area (Å²) in [4.78, 5) is 12.1. The fourth-order valence-corrected chi connectivity index (χ4v) is 4.72. The van der Waals surface area contributed by atoms with Gasteiger partial charge in [-0.3, -0.25) is 4.79 Å². The molecule has 1 aromatic heterocycles. The second kappa shape index (κ2) is 13.1. The first kappa shape index (κ1) is 28.2. The fourth-order valence-electron chi connectivity index (χ4n) is 4.72. The third-order valence-electron chi connectivity index (χ3n) is 6.83. The van der Waals surface area contributed by atoms with Crippen LogP contribution in [0.15, 0.2) is 95.9 Å². The third kappa shape index (κ3) is 6.97. The molecule has 0 bridgehead atoms. The van der Waals surface area contributed by atoms with Crippen molar-refractivity contribution >= 4 is 5.78 Å².